The molecular weight excluding hydrogens is 310 g/mol. The van der Waals surface area contributed by atoms with Gasteiger partial charge in [-0.3, -0.25) is 4.79 Å². The second kappa shape index (κ2) is 4.09. The standard InChI is InChI=1S/C10H6FIN2O/c11-7-2-1-3-8(12)9(7)10-13-4-6(5-15)14-10/h1-5H,(H,13,14). The van der Waals surface area contributed by atoms with Gasteiger partial charge in [0.2, 0.25) is 0 Å². The van der Waals surface area contributed by atoms with Crippen LogP contribution in [0.5, 0.6) is 0 Å². The minimum Gasteiger partial charge on any atom is -0.336 e. The second-order valence-electron chi connectivity index (χ2n) is 2.90. The number of carbonyl (C=O) groups is 1. The van der Waals surface area contributed by atoms with E-state index < -0.39 is 0 Å². The fourth-order valence-electron chi connectivity index (χ4n) is 1.25. The monoisotopic (exact) mass is 316 g/mol. The molecule has 3 nitrogen and oxygen atoms in total. The third-order valence-corrected chi connectivity index (χ3v) is 2.82. The summed E-state index contributed by atoms with van der Waals surface area (Å²) in [5.41, 5.74) is 0.732. The van der Waals surface area contributed by atoms with Crippen LogP contribution in [0.15, 0.2) is 24.4 Å². The van der Waals surface area contributed by atoms with Gasteiger partial charge in [0.15, 0.2) is 6.29 Å². The van der Waals surface area contributed by atoms with Gasteiger partial charge >= 0.3 is 0 Å². The van der Waals surface area contributed by atoms with Gasteiger partial charge in [0.05, 0.1) is 17.5 Å². The normalized spacial score (nSPS) is 10.3. The number of nitrogens with one attached hydrogen (secondary N) is 1. The van der Waals surface area contributed by atoms with Gasteiger partial charge in [0.25, 0.3) is 0 Å². The molecule has 0 radical (unpaired) electrons. The maximum Gasteiger partial charge on any atom is 0.167 e. The highest BCUT2D eigenvalue weighted by Crippen LogP contribution is 2.25. The minimum atomic E-state index is -0.353. The van der Waals surface area contributed by atoms with Gasteiger partial charge in [-0.15, -0.1) is 0 Å². The third-order valence-electron chi connectivity index (χ3n) is 1.92. The van der Waals surface area contributed by atoms with E-state index in [1.54, 1.807) is 12.1 Å². The highest BCUT2D eigenvalue weighted by Gasteiger charge is 2.11. The molecule has 15 heavy (non-hydrogen) atoms. The molecule has 1 aromatic carbocycles. The minimum absolute atomic E-state index is 0.337. The number of carbonyl (C=O) groups excluding carboxylic acids is 1. The van der Waals surface area contributed by atoms with Crippen LogP contribution in [-0.4, -0.2) is 16.3 Å². The Morgan fingerprint density at radius 2 is 2.27 bits per heavy atom. The predicted octanol–water partition coefficient (Wildman–Crippen LogP) is 2.63. The Labute approximate surface area is 98.9 Å². The van der Waals surface area contributed by atoms with Crippen LogP contribution in [-0.2, 0) is 0 Å². The van der Waals surface area contributed by atoms with Crippen molar-refractivity contribution in [3.05, 3.63) is 39.5 Å². The number of rotatable bonds is 2. The molecule has 0 atom stereocenters. The number of aldehydes is 1. The highest BCUT2D eigenvalue weighted by atomic mass is 127. The molecule has 1 N–H and O–H groups in total. The van der Waals surface area contributed by atoms with Crippen LogP contribution < -0.4 is 0 Å². The summed E-state index contributed by atoms with van der Waals surface area (Å²) in [6.07, 6.45) is 2.02. The van der Waals surface area contributed by atoms with Gasteiger partial charge in [-0.05, 0) is 34.7 Å². The second-order valence-corrected chi connectivity index (χ2v) is 4.06. The topological polar surface area (TPSA) is 45.8 Å². The van der Waals surface area contributed by atoms with Gasteiger partial charge in [0, 0.05) is 3.57 Å². The Morgan fingerprint density at radius 1 is 1.47 bits per heavy atom. The number of hydrogen-bond acceptors (Lipinski definition) is 2. The lowest BCUT2D eigenvalue weighted by molar-refractivity contribution is 0.111. The summed E-state index contributed by atoms with van der Waals surface area (Å²) in [4.78, 5) is 17.1. The van der Waals surface area contributed by atoms with Crippen LogP contribution in [0.2, 0.25) is 0 Å². The number of nitrogens with zero attached hydrogens (tertiary/aromatic N) is 1. The molecule has 0 bridgehead atoms. The Bertz CT molecular complexity index is 490. The fourth-order valence-corrected chi connectivity index (χ4v) is 1.97. The summed E-state index contributed by atoms with van der Waals surface area (Å²) in [6, 6.07) is 4.77. The van der Waals surface area contributed by atoms with E-state index in [1.165, 1.54) is 12.3 Å². The summed E-state index contributed by atoms with van der Waals surface area (Å²) in [5, 5.41) is 0. The number of halogens is 2. The number of benzene rings is 1. The van der Waals surface area contributed by atoms with E-state index in [0.717, 1.165) is 3.57 Å². The first-order chi connectivity index (χ1) is 7.22. The molecule has 76 valence electrons. The van der Waals surface area contributed by atoms with E-state index in [1.807, 2.05) is 22.6 Å². The number of hydrogen-bond donors (Lipinski definition) is 1. The van der Waals surface area contributed by atoms with E-state index in [4.69, 9.17) is 0 Å². The molecular formula is C10H6FIN2O. The molecule has 1 aromatic heterocycles. The van der Waals surface area contributed by atoms with E-state index in [9.17, 15) is 9.18 Å². The van der Waals surface area contributed by atoms with Crippen molar-refractivity contribution < 1.29 is 9.18 Å². The lowest BCUT2D eigenvalue weighted by atomic mass is 10.2. The van der Waals surface area contributed by atoms with E-state index in [-0.39, 0.29) is 5.82 Å². The summed E-state index contributed by atoms with van der Waals surface area (Å²) >= 11 is 2.02. The molecule has 2 rings (SSSR count). The molecule has 0 saturated carbocycles. The number of aromatic amines is 1. The van der Waals surface area contributed by atoms with Crippen LogP contribution in [0, 0.1) is 9.39 Å². The molecule has 0 unspecified atom stereocenters. The van der Waals surface area contributed by atoms with Crippen molar-refractivity contribution in [3.8, 4) is 11.4 Å². The first kappa shape index (κ1) is 10.3. The zero-order valence-corrected chi connectivity index (χ0v) is 9.66. The molecule has 0 fully saturated rings. The Hall–Kier alpha value is -1.24. The van der Waals surface area contributed by atoms with Crippen LogP contribution in [0.3, 0.4) is 0 Å². The zero-order valence-electron chi connectivity index (χ0n) is 7.50. The molecule has 5 heteroatoms. The van der Waals surface area contributed by atoms with Crippen LogP contribution in [0.1, 0.15) is 10.5 Å². The van der Waals surface area contributed by atoms with Gasteiger partial charge in [-0.25, -0.2) is 9.37 Å². The molecule has 0 spiro atoms. The van der Waals surface area contributed by atoms with Crippen LogP contribution in [0.4, 0.5) is 4.39 Å². The van der Waals surface area contributed by atoms with Crippen molar-refractivity contribution in [3.63, 3.8) is 0 Å². The smallest absolute Gasteiger partial charge is 0.167 e. The van der Waals surface area contributed by atoms with Gasteiger partial charge in [-0.2, -0.15) is 0 Å². The number of imidazole rings is 1. The van der Waals surface area contributed by atoms with Gasteiger partial charge in [-0.1, -0.05) is 6.07 Å². The lowest BCUT2D eigenvalue weighted by Crippen LogP contribution is -1.90. The van der Waals surface area contributed by atoms with E-state index >= 15 is 0 Å². The average molecular weight is 316 g/mol. The van der Waals surface area contributed by atoms with Crippen molar-refractivity contribution in [1.29, 1.82) is 0 Å². The van der Waals surface area contributed by atoms with Gasteiger partial charge in [0.1, 0.15) is 11.6 Å². The lowest BCUT2D eigenvalue weighted by Gasteiger charge is -2.01. The summed E-state index contributed by atoms with van der Waals surface area (Å²) < 4.78 is 14.2. The van der Waals surface area contributed by atoms with E-state index in [2.05, 4.69) is 9.97 Å². The largest absolute Gasteiger partial charge is 0.336 e. The zero-order chi connectivity index (χ0) is 10.8. The van der Waals surface area contributed by atoms with Crippen LogP contribution in [0.25, 0.3) is 11.4 Å². The fraction of sp³-hybridized carbons (Fsp3) is 0. The maximum atomic E-state index is 13.5. The van der Waals surface area contributed by atoms with Crippen molar-refractivity contribution >= 4 is 28.9 Å². The third kappa shape index (κ3) is 1.92. The summed E-state index contributed by atoms with van der Waals surface area (Å²) in [7, 11) is 0. The van der Waals surface area contributed by atoms with Crippen molar-refractivity contribution in [2.75, 3.05) is 0 Å². The molecule has 0 saturated heterocycles. The Balaban J connectivity index is 2.58. The Kier molecular flexibility index (Phi) is 2.81. The molecule has 0 amide bonds. The first-order valence-corrected chi connectivity index (χ1v) is 5.25. The molecule has 0 aliphatic heterocycles. The van der Waals surface area contributed by atoms with Crippen molar-refractivity contribution in [2.24, 2.45) is 0 Å². The maximum absolute atomic E-state index is 13.5. The Morgan fingerprint density at radius 3 is 2.87 bits per heavy atom. The van der Waals surface area contributed by atoms with Crippen LogP contribution >= 0.6 is 22.6 Å². The molecule has 1 heterocycles. The molecule has 0 aliphatic carbocycles. The quantitative estimate of drug-likeness (QED) is 0.684. The number of aromatic nitrogens is 2. The molecule has 2 aromatic rings. The number of H-pyrrole nitrogens is 1. The molecule has 0 aliphatic rings. The highest BCUT2D eigenvalue weighted by molar-refractivity contribution is 14.1. The van der Waals surface area contributed by atoms with Crippen molar-refractivity contribution in [1.82, 2.24) is 9.97 Å². The first-order valence-electron chi connectivity index (χ1n) is 4.17. The summed E-state index contributed by atoms with van der Waals surface area (Å²) in [6.45, 7) is 0. The SMILES string of the molecule is O=Cc1cnc(-c2c(F)cccc2I)[nH]1. The summed E-state index contributed by atoms with van der Waals surface area (Å²) in [5.74, 6) is 0.0216. The predicted molar refractivity (Wildman–Crippen MR) is 62.1 cm³/mol. The van der Waals surface area contributed by atoms with Crippen molar-refractivity contribution in [2.45, 2.75) is 0 Å². The average Bonchev–Trinajstić information content (AvgIpc) is 2.66. The van der Waals surface area contributed by atoms with Gasteiger partial charge < -0.3 is 4.98 Å². The van der Waals surface area contributed by atoms with E-state index in [0.29, 0.717) is 23.4 Å².